The summed E-state index contributed by atoms with van der Waals surface area (Å²) in [5, 5.41) is 0. The zero-order valence-corrected chi connectivity index (χ0v) is 14.5. The highest BCUT2D eigenvalue weighted by atomic mass is 32.2. The van der Waals surface area contributed by atoms with Gasteiger partial charge in [0, 0.05) is 25.3 Å². The summed E-state index contributed by atoms with van der Waals surface area (Å²) < 4.78 is 27.5. The smallest absolute Gasteiger partial charge is 0.242 e. The van der Waals surface area contributed by atoms with Gasteiger partial charge in [-0.3, -0.25) is 4.79 Å². The molecule has 132 valence electrons. The molecule has 3 N–H and O–H groups in total. The molecule has 0 unspecified atom stereocenters. The normalized spacial score (nSPS) is 22.7. The van der Waals surface area contributed by atoms with Crippen LogP contribution in [-0.4, -0.2) is 38.4 Å². The molecule has 1 aromatic rings. The molecule has 1 saturated heterocycles. The van der Waals surface area contributed by atoms with Crippen LogP contribution in [0.4, 0.5) is 5.82 Å². The van der Waals surface area contributed by atoms with Gasteiger partial charge in [-0.2, -0.15) is 0 Å². The van der Waals surface area contributed by atoms with Gasteiger partial charge in [0.1, 0.15) is 10.7 Å². The average Bonchev–Trinajstić information content (AvgIpc) is 3.07. The number of nitrogens with two attached hydrogens (primary N) is 1. The second-order valence-electron chi connectivity index (χ2n) is 6.64. The molecule has 1 aliphatic carbocycles. The number of primary amides is 1. The maximum Gasteiger partial charge on any atom is 0.242 e. The van der Waals surface area contributed by atoms with E-state index in [1.54, 1.807) is 12.1 Å². The van der Waals surface area contributed by atoms with E-state index in [4.69, 9.17) is 5.73 Å². The van der Waals surface area contributed by atoms with E-state index in [9.17, 15) is 13.2 Å². The van der Waals surface area contributed by atoms with E-state index in [1.807, 2.05) is 4.90 Å². The van der Waals surface area contributed by atoms with Crippen molar-refractivity contribution in [1.29, 1.82) is 0 Å². The summed E-state index contributed by atoms with van der Waals surface area (Å²) in [6.07, 6.45) is 6.99. The molecular formula is C16H24N4O3S. The van der Waals surface area contributed by atoms with Crippen molar-refractivity contribution < 1.29 is 13.2 Å². The molecule has 0 radical (unpaired) electrons. The third kappa shape index (κ3) is 3.87. The molecule has 0 bridgehead atoms. The molecule has 2 fully saturated rings. The first-order chi connectivity index (χ1) is 11.5. The van der Waals surface area contributed by atoms with Gasteiger partial charge in [0.2, 0.25) is 15.9 Å². The van der Waals surface area contributed by atoms with E-state index in [2.05, 4.69) is 9.71 Å². The summed E-state index contributed by atoms with van der Waals surface area (Å²) in [6.45, 7) is 1.33. The predicted octanol–water partition coefficient (Wildman–Crippen LogP) is 1.00. The summed E-state index contributed by atoms with van der Waals surface area (Å²) in [7, 11) is -3.52. The molecule has 8 heteroatoms. The van der Waals surface area contributed by atoms with Crippen molar-refractivity contribution in [3.63, 3.8) is 0 Å². The third-order valence-corrected chi connectivity index (χ3v) is 6.36. The standard InChI is InChI=1S/C16H24N4O3S/c17-16(21)12-4-3-9-20(11-12)15-8-7-14(10-18-15)24(22,23)19-13-5-1-2-6-13/h7-8,10,12-13,19H,1-6,9,11H2,(H2,17,21)/t12-/m1/s1. The number of hydrogen-bond acceptors (Lipinski definition) is 5. The van der Waals surface area contributed by atoms with Gasteiger partial charge >= 0.3 is 0 Å². The van der Waals surface area contributed by atoms with Gasteiger partial charge in [0.25, 0.3) is 0 Å². The minimum atomic E-state index is -3.52. The Labute approximate surface area is 142 Å². The minimum absolute atomic E-state index is 0.0353. The lowest BCUT2D eigenvalue weighted by atomic mass is 9.97. The van der Waals surface area contributed by atoms with Crippen LogP contribution in [0.15, 0.2) is 23.2 Å². The molecule has 1 saturated carbocycles. The molecule has 24 heavy (non-hydrogen) atoms. The zero-order chi connectivity index (χ0) is 17.2. The lowest BCUT2D eigenvalue weighted by Gasteiger charge is -2.32. The summed E-state index contributed by atoms with van der Waals surface area (Å²) in [5.74, 6) is 0.216. The molecule has 3 rings (SSSR count). The molecule has 1 atom stereocenters. The number of aromatic nitrogens is 1. The van der Waals surface area contributed by atoms with E-state index >= 15 is 0 Å². The predicted molar refractivity (Wildman–Crippen MR) is 90.9 cm³/mol. The number of pyridine rings is 1. The van der Waals surface area contributed by atoms with Crippen molar-refractivity contribution in [2.75, 3.05) is 18.0 Å². The number of piperidine rings is 1. The van der Waals surface area contributed by atoms with Gasteiger partial charge in [0.05, 0.1) is 5.92 Å². The molecule has 1 aromatic heterocycles. The largest absolute Gasteiger partial charge is 0.369 e. The SMILES string of the molecule is NC(=O)[C@@H]1CCCN(c2ccc(S(=O)(=O)NC3CCCC3)cn2)C1. The van der Waals surface area contributed by atoms with E-state index < -0.39 is 10.0 Å². The van der Waals surface area contributed by atoms with Gasteiger partial charge in [-0.1, -0.05) is 12.8 Å². The maximum atomic E-state index is 12.4. The molecule has 1 amide bonds. The zero-order valence-electron chi connectivity index (χ0n) is 13.6. The van der Waals surface area contributed by atoms with Gasteiger partial charge in [-0.05, 0) is 37.8 Å². The summed E-state index contributed by atoms with van der Waals surface area (Å²) in [5.41, 5.74) is 5.39. The van der Waals surface area contributed by atoms with Crippen molar-refractivity contribution in [2.24, 2.45) is 11.7 Å². The van der Waals surface area contributed by atoms with E-state index in [0.717, 1.165) is 45.1 Å². The number of carbonyl (C=O) groups excluding carboxylic acids is 1. The van der Waals surface area contributed by atoms with Crippen LogP contribution in [0.5, 0.6) is 0 Å². The van der Waals surface area contributed by atoms with Crippen LogP contribution in [0.3, 0.4) is 0 Å². The number of rotatable bonds is 5. The van der Waals surface area contributed by atoms with E-state index in [1.165, 1.54) is 6.20 Å². The van der Waals surface area contributed by atoms with Crippen LogP contribution < -0.4 is 15.4 Å². The van der Waals surface area contributed by atoms with Gasteiger partial charge < -0.3 is 10.6 Å². The van der Waals surface area contributed by atoms with Crippen LogP contribution in [0.1, 0.15) is 38.5 Å². The first-order valence-corrected chi connectivity index (χ1v) is 9.97. The number of amides is 1. The fraction of sp³-hybridized carbons (Fsp3) is 0.625. The Morgan fingerprint density at radius 1 is 1.21 bits per heavy atom. The van der Waals surface area contributed by atoms with Crippen molar-refractivity contribution in [3.05, 3.63) is 18.3 Å². The average molecular weight is 352 g/mol. The maximum absolute atomic E-state index is 12.4. The number of hydrogen-bond donors (Lipinski definition) is 2. The second-order valence-corrected chi connectivity index (χ2v) is 8.36. The monoisotopic (exact) mass is 352 g/mol. The number of anilines is 1. The van der Waals surface area contributed by atoms with E-state index in [0.29, 0.717) is 12.4 Å². The van der Waals surface area contributed by atoms with Crippen molar-refractivity contribution >= 4 is 21.7 Å². The van der Waals surface area contributed by atoms with Crippen molar-refractivity contribution in [3.8, 4) is 0 Å². The molecular weight excluding hydrogens is 328 g/mol. The number of sulfonamides is 1. The van der Waals surface area contributed by atoms with Gasteiger partial charge in [0.15, 0.2) is 0 Å². The van der Waals surface area contributed by atoms with Gasteiger partial charge in [-0.15, -0.1) is 0 Å². The first-order valence-electron chi connectivity index (χ1n) is 8.48. The lowest BCUT2D eigenvalue weighted by Crippen LogP contribution is -2.41. The molecule has 0 spiro atoms. The molecule has 0 aromatic carbocycles. The van der Waals surface area contributed by atoms with Crippen LogP contribution in [-0.2, 0) is 14.8 Å². The Kier molecular flexibility index (Phi) is 5.05. The molecule has 2 aliphatic rings. The van der Waals surface area contributed by atoms with Crippen LogP contribution in [0.2, 0.25) is 0 Å². The fourth-order valence-electron chi connectivity index (χ4n) is 3.47. The van der Waals surface area contributed by atoms with Crippen molar-refractivity contribution in [2.45, 2.75) is 49.5 Å². The summed E-state index contributed by atoms with van der Waals surface area (Å²) >= 11 is 0. The highest BCUT2D eigenvalue weighted by Gasteiger charge is 2.26. The summed E-state index contributed by atoms with van der Waals surface area (Å²) in [6, 6.07) is 3.31. The highest BCUT2D eigenvalue weighted by Crippen LogP contribution is 2.23. The molecule has 7 nitrogen and oxygen atoms in total. The Morgan fingerprint density at radius 2 is 1.96 bits per heavy atom. The molecule has 1 aliphatic heterocycles. The fourth-order valence-corrected chi connectivity index (χ4v) is 4.72. The van der Waals surface area contributed by atoms with Crippen LogP contribution >= 0.6 is 0 Å². The quantitative estimate of drug-likeness (QED) is 0.822. The summed E-state index contributed by atoms with van der Waals surface area (Å²) in [4.78, 5) is 17.8. The Hall–Kier alpha value is -1.67. The lowest BCUT2D eigenvalue weighted by molar-refractivity contribution is -0.122. The Morgan fingerprint density at radius 3 is 2.58 bits per heavy atom. The Bertz CT molecular complexity index is 684. The number of carbonyl (C=O) groups is 1. The Balaban J connectivity index is 1.69. The highest BCUT2D eigenvalue weighted by molar-refractivity contribution is 7.89. The third-order valence-electron chi connectivity index (χ3n) is 4.86. The minimum Gasteiger partial charge on any atom is -0.369 e. The number of nitrogens with one attached hydrogen (secondary N) is 1. The second kappa shape index (κ2) is 7.06. The van der Waals surface area contributed by atoms with Crippen LogP contribution in [0, 0.1) is 5.92 Å². The van der Waals surface area contributed by atoms with Crippen molar-refractivity contribution in [1.82, 2.24) is 9.71 Å². The first kappa shape index (κ1) is 17.2. The van der Waals surface area contributed by atoms with Crippen LogP contribution in [0.25, 0.3) is 0 Å². The molecule has 2 heterocycles. The topological polar surface area (TPSA) is 105 Å². The van der Waals surface area contributed by atoms with E-state index in [-0.39, 0.29) is 22.8 Å². The number of nitrogens with zero attached hydrogens (tertiary/aromatic N) is 2. The van der Waals surface area contributed by atoms with Gasteiger partial charge in [-0.25, -0.2) is 18.1 Å².